The Balaban J connectivity index is 1.62. The Bertz CT molecular complexity index is 400. The van der Waals surface area contributed by atoms with E-state index >= 15 is 0 Å². The SMILES string of the molecule is OC1CCN(CCCNCc2c(Cl)cccc2Cl)CC1. The van der Waals surface area contributed by atoms with Gasteiger partial charge in [0.1, 0.15) is 0 Å². The molecule has 1 fully saturated rings. The van der Waals surface area contributed by atoms with E-state index in [9.17, 15) is 5.11 Å². The molecule has 0 amide bonds. The van der Waals surface area contributed by atoms with Gasteiger partial charge >= 0.3 is 0 Å². The molecule has 0 radical (unpaired) electrons. The highest BCUT2D eigenvalue weighted by Gasteiger charge is 2.15. The molecule has 1 aliphatic rings. The average molecular weight is 317 g/mol. The second-order valence-electron chi connectivity index (χ2n) is 5.30. The number of benzene rings is 1. The molecule has 112 valence electrons. The van der Waals surface area contributed by atoms with Gasteiger partial charge in [0.2, 0.25) is 0 Å². The van der Waals surface area contributed by atoms with E-state index < -0.39 is 0 Å². The van der Waals surface area contributed by atoms with Crippen molar-refractivity contribution in [2.75, 3.05) is 26.2 Å². The van der Waals surface area contributed by atoms with Gasteiger partial charge in [-0.05, 0) is 44.5 Å². The minimum atomic E-state index is -0.0910. The van der Waals surface area contributed by atoms with Gasteiger partial charge in [-0.25, -0.2) is 0 Å². The Morgan fingerprint density at radius 2 is 1.85 bits per heavy atom. The minimum Gasteiger partial charge on any atom is -0.393 e. The van der Waals surface area contributed by atoms with Gasteiger partial charge in [0.15, 0.2) is 0 Å². The van der Waals surface area contributed by atoms with Crippen molar-refractivity contribution in [1.29, 1.82) is 0 Å². The van der Waals surface area contributed by atoms with E-state index in [1.165, 1.54) is 0 Å². The van der Waals surface area contributed by atoms with Gasteiger partial charge in [-0.3, -0.25) is 0 Å². The molecule has 1 heterocycles. The van der Waals surface area contributed by atoms with Crippen LogP contribution in [0.5, 0.6) is 0 Å². The lowest BCUT2D eigenvalue weighted by molar-refractivity contribution is 0.0821. The summed E-state index contributed by atoms with van der Waals surface area (Å²) in [5.41, 5.74) is 0.969. The molecule has 0 atom stereocenters. The van der Waals surface area contributed by atoms with Gasteiger partial charge in [0.25, 0.3) is 0 Å². The van der Waals surface area contributed by atoms with Gasteiger partial charge in [0, 0.05) is 35.2 Å². The fourth-order valence-electron chi connectivity index (χ4n) is 2.49. The number of halogens is 2. The van der Waals surface area contributed by atoms with Crippen LogP contribution in [-0.4, -0.2) is 42.3 Å². The maximum atomic E-state index is 9.45. The summed E-state index contributed by atoms with van der Waals surface area (Å²) in [4.78, 5) is 2.41. The number of nitrogens with zero attached hydrogens (tertiary/aromatic N) is 1. The van der Waals surface area contributed by atoms with E-state index in [2.05, 4.69) is 10.2 Å². The Morgan fingerprint density at radius 3 is 2.50 bits per heavy atom. The summed E-state index contributed by atoms with van der Waals surface area (Å²) >= 11 is 12.2. The van der Waals surface area contributed by atoms with E-state index in [0.29, 0.717) is 6.54 Å². The van der Waals surface area contributed by atoms with E-state index in [0.717, 1.165) is 61.1 Å². The first-order valence-electron chi connectivity index (χ1n) is 7.21. The molecule has 0 aliphatic carbocycles. The van der Waals surface area contributed by atoms with Crippen LogP contribution in [0, 0.1) is 0 Å². The van der Waals surface area contributed by atoms with Crippen LogP contribution in [0.15, 0.2) is 18.2 Å². The molecule has 1 aliphatic heterocycles. The first kappa shape index (κ1) is 16.1. The second-order valence-corrected chi connectivity index (χ2v) is 6.12. The van der Waals surface area contributed by atoms with E-state index in [4.69, 9.17) is 23.2 Å². The summed E-state index contributed by atoms with van der Waals surface area (Å²) in [5, 5.41) is 14.3. The highest BCUT2D eigenvalue weighted by atomic mass is 35.5. The van der Waals surface area contributed by atoms with E-state index in [1.807, 2.05) is 18.2 Å². The van der Waals surface area contributed by atoms with Gasteiger partial charge in [0.05, 0.1) is 6.10 Å². The summed E-state index contributed by atoms with van der Waals surface area (Å²) in [6.07, 6.45) is 2.82. The summed E-state index contributed by atoms with van der Waals surface area (Å²) in [5.74, 6) is 0. The predicted octanol–water partition coefficient (Wildman–Crippen LogP) is 2.93. The molecule has 20 heavy (non-hydrogen) atoms. The number of hydrogen-bond donors (Lipinski definition) is 2. The van der Waals surface area contributed by atoms with Crippen molar-refractivity contribution in [1.82, 2.24) is 10.2 Å². The lowest BCUT2D eigenvalue weighted by atomic mass is 10.1. The summed E-state index contributed by atoms with van der Waals surface area (Å²) < 4.78 is 0. The quantitative estimate of drug-likeness (QED) is 0.792. The fraction of sp³-hybridized carbons (Fsp3) is 0.600. The zero-order chi connectivity index (χ0) is 14.4. The minimum absolute atomic E-state index is 0.0910. The lowest BCUT2D eigenvalue weighted by Crippen LogP contribution is -2.37. The van der Waals surface area contributed by atoms with Crippen molar-refractivity contribution in [2.45, 2.75) is 31.9 Å². The highest BCUT2D eigenvalue weighted by Crippen LogP contribution is 2.23. The number of aliphatic hydroxyl groups is 1. The van der Waals surface area contributed by atoms with Crippen molar-refractivity contribution in [2.24, 2.45) is 0 Å². The molecular formula is C15H22Cl2N2O. The third-order valence-corrected chi connectivity index (χ3v) is 4.46. The molecule has 1 aromatic rings. The number of nitrogens with one attached hydrogen (secondary N) is 1. The molecule has 0 unspecified atom stereocenters. The third-order valence-electron chi connectivity index (χ3n) is 3.75. The third kappa shape index (κ3) is 4.90. The molecular weight excluding hydrogens is 295 g/mol. The van der Waals surface area contributed by atoms with Gasteiger partial charge < -0.3 is 15.3 Å². The molecule has 0 bridgehead atoms. The average Bonchev–Trinajstić information content (AvgIpc) is 2.43. The van der Waals surface area contributed by atoms with Crippen LogP contribution in [0.4, 0.5) is 0 Å². The van der Waals surface area contributed by atoms with Crippen LogP contribution in [0.25, 0.3) is 0 Å². The van der Waals surface area contributed by atoms with Crippen molar-refractivity contribution in [3.8, 4) is 0 Å². The Labute approximate surface area is 130 Å². The Kier molecular flexibility index (Phi) is 6.59. The van der Waals surface area contributed by atoms with Crippen LogP contribution >= 0.6 is 23.2 Å². The largest absolute Gasteiger partial charge is 0.393 e. The lowest BCUT2D eigenvalue weighted by Gasteiger charge is -2.29. The van der Waals surface area contributed by atoms with Crippen molar-refractivity contribution in [3.63, 3.8) is 0 Å². The zero-order valence-corrected chi connectivity index (χ0v) is 13.1. The summed E-state index contributed by atoms with van der Waals surface area (Å²) in [6.45, 7) is 4.75. The monoisotopic (exact) mass is 316 g/mol. The molecule has 5 heteroatoms. The predicted molar refractivity (Wildman–Crippen MR) is 84.5 cm³/mol. The maximum Gasteiger partial charge on any atom is 0.0564 e. The van der Waals surface area contributed by atoms with Crippen molar-refractivity contribution >= 4 is 23.2 Å². The Hall–Kier alpha value is -0.320. The topological polar surface area (TPSA) is 35.5 Å². The molecule has 1 aromatic carbocycles. The molecule has 0 saturated carbocycles. The fourth-order valence-corrected chi connectivity index (χ4v) is 3.02. The van der Waals surface area contributed by atoms with Gasteiger partial charge in [-0.2, -0.15) is 0 Å². The Morgan fingerprint density at radius 1 is 1.20 bits per heavy atom. The maximum absolute atomic E-state index is 9.45. The number of piperidine rings is 1. The molecule has 3 nitrogen and oxygen atoms in total. The molecule has 2 N–H and O–H groups in total. The molecule has 1 saturated heterocycles. The van der Waals surface area contributed by atoms with E-state index in [1.54, 1.807) is 0 Å². The molecule has 2 rings (SSSR count). The summed E-state index contributed by atoms with van der Waals surface area (Å²) in [6, 6.07) is 5.59. The first-order valence-corrected chi connectivity index (χ1v) is 7.96. The van der Waals surface area contributed by atoms with Crippen molar-refractivity contribution < 1.29 is 5.11 Å². The molecule has 0 aromatic heterocycles. The normalized spacial score (nSPS) is 17.6. The number of aliphatic hydroxyl groups excluding tert-OH is 1. The number of hydrogen-bond acceptors (Lipinski definition) is 3. The number of likely N-dealkylation sites (tertiary alicyclic amines) is 1. The summed E-state index contributed by atoms with van der Waals surface area (Å²) in [7, 11) is 0. The van der Waals surface area contributed by atoms with Gasteiger partial charge in [-0.15, -0.1) is 0 Å². The standard InChI is InChI=1S/C15H22Cl2N2O/c16-14-3-1-4-15(17)13(14)11-18-7-2-8-19-9-5-12(20)6-10-19/h1,3-4,12,18,20H,2,5-11H2. The van der Waals surface area contributed by atoms with Crippen LogP contribution in [-0.2, 0) is 6.54 Å². The first-order chi connectivity index (χ1) is 9.66. The van der Waals surface area contributed by atoms with Crippen LogP contribution in [0.1, 0.15) is 24.8 Å². The van der Waals surface area contributed by atoms with E-state index in [-0.39, 0.29) is 6.10 Å². The molecule has 0 spiro atoms. The van der Waals surface area contributed by atoms with Crippen LogP contribution in [0.2, 0.25) is 10.0 Å². The second kappa shape index (κ2) is 8.20. The highest BCUT2D eigenvalue weighted by molar-refractivity contribution is 6.35. The zero-order valence-electron chi connectivity index (χ0n) is 11.6. The van der Waals surface area contributed by atoms with Gasteiger partial charge in [-0.1, -0.05) is 29.3 Å². The smallest absolute Gasteiger partial charge is 0.0564 e. The number of rotatable bonds is 6. The van der Waals surface area contributed by atoms with Crippen LogP contribution in [0.3, 0.4) is 0 Å². The van der Waals surface area contributed by atoms with Crippen molar-refractivity contribution in [3.05, 3.63) is 33.8 Å². The van der Waals surface area contributed by atoms with Crippen LogP contribution < -0.4 is 5.32 Å².